The number of likely N-dealkylation sites (tertiary alicyclic amines) is 2. The van der Waals surface area contributed by atoms with Gasteiger partial charge < -0.3 is 20.4 Å². The summed E-state index contributed by atoms with van der Waals surface area (Å²) in [5.41, 5.74) is 3.17. The molecule has 4 amide bonds. The van der Waals surface area contributed by atoms with Gasteiger partial charge in [-0.05, 0) is 88.0 Å². The lowest BCUT2D eigenvalue weighted by molar-refractivity contribution is -0.142. The van der Waals surface area contributed by atoms with Crippen molar-refractivity contribution in [2.75, 3.05) is 26.2 Å². The molecule has 8 rings (SSSR count). The minimum absolute atomic E-state index is 0.00379. The van der Waals surface area contributed by atoms with Gasteiger partial charge in [0.15, 0.2) is 0 Å². The fourth-order valence-corrected chi connectivity index (χ4v) is 8.52. The third kappa shape index (κ3) is 10.6. The third-order valence-electron chi connectivity index (χ3n) is 11.7. The van der Waals surface area contributed by atoms with Crippen molar-refractivity contribution in [1.82, 2.24) is 39.5 Å². The van der Waals surface area contributed by atoms with Crippen LogP contribution in [0.4, 0.5) is 0 Å². The molecule has 4 aromatic heterocycles. The number of fused-ring (bicyclic) bond motifs is 2. The van der Waals surface area contributed by atoms with Gasteiger partial charge in [0.05, 0.1) is 0 Å². The normalized spacial score (nSPS) is 14.7. The minimum atomic E-state index is -0.557. The van der Waals surface area contributed by atoms with E-state index in [1.807, 2.05) is 25.1 Å². The zero-order chi connectivity index (χ0) is 47.5. The van der Waals surface area contributed by atoms with Crippen LogP contribution < -0.4 is 21.8 Å². The molecule has 66 heavy (non-hydrogen) atoms. The summed E-state index contributed by atoms with van der Waals surface area (Å²) < 4.78 is 2.62. The van der Waals surface area contributed by atoms with Crippen molar-refractivity contribution in [3.63, 3.8) is 0 Å². The molecule has 2 saturated heterocycles. The van der Waals surface area contributed by atoms with Crippen molar-refractivity contribution in [2.24, 2.45) is 10.8 Å². The van der Waals surface area contributed by atoms with Crippen LogP contribution in [-0.4, -0.2) is 78.7 Å². The standard InChI is InChI=1S/C25H27ClN4O3.C25H25ClN4O3/c2*1-4-17-9-10-27-22-19(17)11-20(23(32)28-12-16-5-7-18(26)8-6-16)24(33)30(22)13-21(31)29-14-25(2,3)15-29/h5-11H,4,12-15H2,1-3H3,(H,28,32);4-11H,1,12-15H2,2-3H3,(H,28,32). The molecular formula is C50H52Cl2N8O6. The van der Waals surface area contributed by atoms with Crippen LogP contribution in [0.15, 0.2) is 101 Å². The molecule has 2 aromatic carbocycles. The van der Waals surface area contributed by atoms with E-state index in [0.717, 1.165) is 22.3 Å². The molecule has 0 saturated carbocycles. The number of aromatic nitrogens is 4. The monoisotopic (exact) mass is 930 g/mol. The van der Waals surface area contributed by atoms with Crippen molar-refractivity contribution < 1.29 is 19.2 Å². The molecule has 0 bridgehead atoms. The molecule has 2 fully saturated rings. The van der Waals surface area contributed by atoms with Crippen molar-refractivity contribution in [1.29, 1.82) is 0 Å². The first-order chi connectivity index (χ1) is 31.4. The van der Waals surface area contributed by atoms with Gasteiger partial charge >= 0.3 is 0 Å². The van der Waals surface area contributed by atoms with Crippen LogP contribution in [0.5, 0.6) is 0 Å². The Morgan fingerprint density at radius 2 is 1.06 bits per heavy atom. The lowest BCUT2D eigenvalue weighted by atomic mass is 9.84. The molecule has 0 spiro atoms. The summed E-state index contributed by atoms with van der Waals surface area (Å²) in [6.45, 7) is 16.9. The van der Waals surface area contributed by atoms with Crippen LogP contribution in [0.2, 0.25) is 10.0 Å². The Bertz CT molecular complexity index is 2980. The predicted molar refractivity (Wildman–Crippen MR) is 257 cm³/mol. The molecule has 2 aliphatic heterocycles. The zero-order valence-electron chi connectivity index (χ0n) is 37.6. The maximum atomic E-state index is 13.3. The number of amides is 4. The molecule has 0 radical (unpaired) electrons. The van der Waals surface area contributed by atoms with Gasteiger partial charge in [0.1, 0.15) is 35.5 Å². The van der Waals surface area contributed by atoms with E-state index in [9.17, 15) is 28.8 Å². The lowest BCUT2D eigenvalue weighted by Gasteiger charge is -2.45. The van der Waals surface area contributed by atoms with Gasteiger partial charge in [0.25, 0.3) is 22.9 Å². The smallest absolute Gasteiger partial charge is 0.265 e. The summed E-state index contributed by atoms with van der Waals surface area (Å²) in [5, 5.41) is 8.07. The molecule has 16 heteroatoms. The number of benzene rings is 2. The minimum Gasteiger partial charge on any atom is -0.348 e. The topological polar surface area (TPSA) is 169 Å². The molecule has 2 N–H and O–H groups in total. The SMILES string of the molecule is C=Cc1ccnc2c1cc(C(=O)NCc1ccc(Cl)cc1)c(=O)n2CC(=O)N1CC(C)(C)C1.CCc1ccnc2c1cc(C(=O)NCc1ccc(Cl)cc1)c(=O)n2CC(=O)N1CC(C)(C)C1. The predicted octanol–water partition coefficient (Wildman–Crippen LogP) is 6.90. The molecule has 2 aliphatic rings. The van der Waals surface area contributed by atoms with Gasteiger partial charge in [0.2, 0.25) is 11.8 Å². The molecule has 14 nitrogen and oxygen atoms in total. The highest BCUT2D eigenvalue weighted by molar-refractivity contribution is 6.30. The van der Waals surface area contributed by atoms with Crippen LogP contribution >= 0.6 is 23.2 Å². The summed E-state index contributed by atoms with van der Waals surface area (Å²) in [6.07, 6.45) is 5.53. The molecular weight excluding hydrogens is 880 g/mol. The molecule has 0 aliphatic carbocycles. The number of carbonyl (C=O) groups is 4. The van der Waals surface area contributed by atoms with Gasteiger partial charge in [0, 0.05) is 72.5 Å². The molecule has 6 heterocycles. The largest absolute Gasteiger partial charge is 0.348 e. The highest BCUT2D eigenvalue weighted by atomic mass is 35.5. The Balaban J connectivity index is 0.000000196. The van der Waals surface area contributed by atoms with Crippen molar-refractivity contribution in [2.45, 2.75) is 67.2 Å². The summed E-state index contributed by atoms with van der Waals surface area (Å²) in [4.78, 5) is 90.6. The number of hydrogen-bond donors (Lipinski definition) is 2. The first kappa shape index (κ1) is 47.3. The summed E-state index contributed by atoms with van der Waals surface area (Å²) >= 11 is 11.8. The van der Waals surface area contributed by atoms with E-state index < -0.39 is 22.9 Å². The molecule has 342 valence electrons. The number of aryl methyl sites for hydroxylation is 1. The van der Waals surface area contributed by atoms with Crippen LogP contribution in [0.25, 0.3) is 28.1 Å². The third-order valence-corrected chi connectivity index (χ3v) is 12.2. The first-order valence-corrected chi connectivity index (χ1v) is 22.4. The Morgan fingerprint density at radius 3 is 1.47 bits per heavy atom. The lowest BCUT2D eigenvalue weighted by Crippen LogP contribution is -2.56. The second-order valence-corrected chi connectivity index (χ2v) is 19.1. The van der Waals surface area contributed by atoms with Crippen molar-refractivity contribution in [3.05, 3.63) is 156 Å². The van der Waals surface area contributed by atoms with Gasteiger partial charge in [-0.1, -0.05) is 94.7 Å². The maximum Gasteiger partial charge on any atom is 0.265 e. The fraction of sp³-hybridized carbons (Fsp3) is 0.320. The van der Waals surface area contributed by atoms with Gasteiger partial charge in [-0.15, -0.1) is 0 Å². The van der Waals surface area contributed by atoms with Crippen molar-refractivity contribution in [3.8, 4) is 0 Å². The van der Waals surface area contributed by atoms with Crippen molar-refractivity contribution >= 4 is 75.0 Å². The number of rotatable bonds is 12. The van der Waals surface area contributed by atoms with Gasteiger partial charge in [-0.25, -0.2) is 9.97 Å². The summed E-state index contributed by atoms with van der Waals surface area (Å²) in [6, 6.07) is 20.9. The van der Waals surface area contributed by atoms with E-state index >= 15 is 0 Å². The Labute approximate surface area is 392 Å². The number of nitrogens with one attached hydrogen (secondary N) is 2. The number of nitrogens with zero attached hydrogens (tertiary/aromatic N) is 6. The number of halogens is 2. The van der Waals surface area contributed by atoms with Crippen LogP contribution in [0, 0.1) is 10.8 Å². The van der Waals surface area contributed by atoms with Crippen LogP contribution in [0.3, 0.4) is 0 Å². The van der Waals surface area contributed by atoms with E-state index in [-0.39, 0.29) is 60.0 Å². The van der Waals surface area contributed by atoms with E-state index in [2.05, 4.69) is 54.9 Å². The fourth-order valence-electron chi connectivity index (χ4n) is 8.27. The van der Waals surface area contributed by atoms with Gasteiger partial charge in [-0.2, -0.15) is 0 Å². The van der Waals surface area contributed by atoms with E-state index in [1.54, 1.807) is 76.8 Å². The van der Waals surface area contributed by atoms with Crippen LogP contribution in [0.1, 0.15) is 77.6 Å². The van der Waals surface area contributed by atoms with E-state index in [4.69, 9.17) is 23.2 Å². The summed E-state index contributed by atoms with van der Waals surface area (Å²) in [5.74, 6) is -1.35. The number of carbonyl (C=O) groups excluding carboxylic acids is 4. The van der Waals surface area contributed by atoms with E-state index in [0.29, 0.717) is 64.7 Å². The average molecular weight is 932 g/mol. The average Bonchev–Trinajstić information content (AvgIpc) is 3.27. The number of hydrogen-bond acceptors (Lipinski definition) is 8. The molecule has 0 atom stereocenters. The molecule has 0 unspecified atom stereocenters. The second kappa shape index (κ2) is 19.4. The quantitative estimate of drug-likeness (QED) is 0.134. The van der Waals surface area contributed by atoms with E-state index in [1.165, 1.54) is 15.2 Å². The first-order valence-electron chi connectivity index (χ1n) is 21.6. The maximum absolute atomic E-state index is 13.3. The Morgan fingerprint density at radius 1 is 0.652 bits per heavy atom. The zero-order valence-corrected chi connectivity index (χ0v) is 39.1. The molecule has 6 aromatic rings. The Hall–Kier alpha value is -6.64. The van der Waals surface area contributed by atoms with Crippen LogP contribution in [-0.2, 0) is 42.2 Å². The number of pyridine rings is 4. The highest BCUT2D eigenvalue weighted by Gasteiger charge is 2.38. The highest BCUT2D eigenvalue weighted by Crippen LogP contribution is 2.30. The Kier molecular flexibility index (Phi) is 13.9. The summed E-state index contributed by atoms with van der Waals surface area (Å²) in [7, 11) is 0. The second-order valence-electron chi connectivity index (χ2n) is 18.2. The van der Waals surface area contributed by atoms with Gasteiger partial charge in [-0.3, -0.25) is 37.9 Å².